The van der Waals surface area contributed by atoms with Crippen LogP contribution in [-0.2, 0) is 14.9 Å². The zero-order chi connectivity index (χ0) is 19.8. The lowest BCUT2D eigenvalue weighted by atomic mass is 10.1. The largest absolute Gasteiger partial charge is 0.373 e. The molecule has 0 unspecified atom stereocenters. The predicted molar refractivity (Wildman–Crippen MR) is 94.3 cm³/mol. The Kier molecular flexibility index (Phi) is 5.80. The van der Waals surface area contributed by atoms with Crippen LogP contribution in [0.3, 0.4) is 0 Å². The van der Waals surface area contributed by atoms with Gasteiger partial charge in [-0.15, -0.1) is 0 Å². The lowest BCUT2D eigenvalue weighted by Crippen LogP contribution is -2.57. The maximum atomic E-state index is 13.3. The highest BCUT2D eigenvalue weighted by molar-refractivity contribution is 7.86. The van der Waals surface area contributed by atoms with Crippen molar-refractivity contribution in [2.24, 2.45) is 0 Å². The Labute approximate surface area is 157 Å². The molecule has 27 heavy (non-hydrogen) atoms. The number of halogens is 2. The third-order valence-corrected chi connectivity index (χ3v) is 6.70. The Hall–Kier alpha value is -1.62. The Morgan fingerprint density at radius 3 is 2.15 bits per heavy atom. The summed E-state index contributed by atoms with van der Waals surface area (Å²) in [7, 11) is -3.64. The third kappa shape index (κ3) is 4.29. The smallest absolute Gasteiger partial charge is 0.282 e. The summed E-state index contributed by atoms with van der Waals surface area (Å²) in [4.78, 5) is 13.9. The van der Waals surface area contributed by atoms with E-state index in [4.69, 9.17) is 4.74 Å². The maximum Gasteiger partial charge on any atom is 0.282 e. The molecule has 2 aliphatic heterocycles. The predicted octanol–water partition coefficient (Wildman–Crippen LogP) is 1.08. The quantitative estimate of drug-likeness (QED) is 0.757. The molecule has 0 spiro atoms. The fourth-order valence-electron chi connectivity index (χ4n) is 3.42. The van der Waals surface area contributed by atoms with Gasteiger partial charge >= 0.3 is 0 Å². The van der Waals surface area contributed by atoms with Gasteiger partial charge in [-0.25, -0.2) is 8.78 Å². The van der Waals surface area contributed by atoms with Crippen molar-refractivity contribution in [3.05, 3.63) is 35.4 Å². The van der Waals surface area contributed by atoms with Gasteiger partial charge in [-0.3, -0.25) is 4.79 Å². The highest BCUT2D eigenvalue weighted by Gasteiger charge is 2.37. The number of carbonyl (C=O) groups excluding carboxylic acids is 1. The number of nitrogens with zero attached hydrogens (tertiary/aromatic N) is 3. The van der Waals surface area contributed by atoms with Crippen LogP contribution in [0.2, 0.25) is 0 Å². The van der Waals surface area contributed by atoms with Crippen molar-refractivity contribution in [3.8, 4) is 0 Å². The van der Waals surface area contributed by atoms with E-state index in [2.05, 4.69) is 0 Å². The van der Waals surface area contributed by atoms with Crippen LogP contribution in [0.4, 0.5) is 8.78 Å². The first-order chi connectivity index (χ1) is 12.7. The van der Waals surface area contributed by atoms with Crippen molar-refractivity contribution in [1.29, 1.82) is 0 Å². The molecule has 0 aliphatic carbocycles. The van der Waals surface area contributed by atoms with Gasteiger partial charge in [0.1, 0.15) is 0 Å². The van der Waals surface area contributed by atoms with Crippen LogP contribution in [0.5, 0.6) is 0 Å². The van der Waals surface area contributed by atoms with E-state index in [1.165, 1.54) is 19.6 Å². The molecule has 2 fully saturated rings. The van der Waals surface area contributed by atoms with Gasteiger partial charge in [-0.2, -0.15) is 17.0 Å². The number of benzene rings is 1. The normalized spacial score (nSPS) is 25.6. The molecular formula is C17H23F2N3O4S. The van der Waals surface area contributed by atoms with Crippen LogP contribution in [-0.4, -0.2) is 79.3 Å². The molecule has 2 heterocycles. The average Bonchev–Trinajstić information content (AvgIpc) is 2.62. The molecule has 10 heteroatoms. The minimum absolute atomic E-state index is 0.0426. The van der Waals surface area contributed by atoms with Crippen LogP contribution >= 0.6 is 0 Å². The van der Waals surface area contributed by atoms with Gasteiger partial charge in [0.15, 0.2) is 11.6 Å². The summed E-state index contributed by atoms with van der Waals surface area (Å²) in [6.07, 6.45) is -0.362. The van der Waals surface area contributed by atoms with Gasteiger partial charge in [0.25, 0.3) is 16.1 Å². The molecule has 7 nitrogen and oxygen atoms in total. The fourth-order valence-corrected chi connectivity index (χ4v) is 5.16. The summed E-state index contributed by atoms with van der Waals surface area (Å²) < 4.78 is 60.4. The van der Waals surface area contributed by atoms with Crippen LogP contribution in [0.25, 0.3) is 0 Å². The molecular weight excluding hydrogens is 380 g/mol. The van der Waals surface area contributed by atoms with Crippen molar-refractivity contribution >= 4 is 16.1 Å². The second kappa shape index (κ2) is 7.78. The minimum atomic E-state index is -3.64. The Bertz CT molecular complexity index is 802. The SMILES string of the molecule is C[C@H]1CN(S(=O)(=O)N2CCN(C(=O)c3ccc(F)c(F)c3)CC2)C[C@H](C)O1. The van der Waals surface area contributed by atoms with E-state index in [1.807, 2.05) is 13.8 Å². The third-order valence-electron chi connectivity index (χ3n) is 4.73. The van der Waals surface area contributed by atoms with Crippen molar-refractivity contribution < 1.29 is 26.7 Å². The minimum Gasteiger partial charge on any atom is -0.373 e. The first-order valence-electron chi connectivity index (χ1n) is 8.83. The summed E-state index contributed by atoms with van der Waals surface area (Å²) in [6.45, 7) is 4.92. The lowest BCUT2D eigenvalue weighted by Gasteiger charge is -2.40. The van der Waals surface area contributed by atoms with Crippen molar-refractivity contribution in [3.63, 3.8) is 0 Å². The van der Waals surface area contributed by atoms with Crippen LogP contribution in [0.15, 0.2) is 18.2 Å². The monoisotopic (exact) mass is 403 g/mol. The average molecular weight is 403 g/mol. The topological polar surface area (TPSA) is 70.2 Å². The molecule has 1 aromatic rings. The van der Waals surface area contributed by atoms with Gasteiger partial charge in [-0.05, 0) is 32.0 Å². The van der Waals surface area contributed by atoms with Crippen LogP contribution in [0.1, 0.15) is 24.2 Å². The number of amides is 1. The Morgan fingerprint density at radius 2 is 1.59 bits per heavy atom. The zero-order valence-corrected chi connectivity index (χ0v) is 16.1. The number of hydrogen-bond donors (Lipinski definition) is 0. The van der Waals surface area contributed by atoms with E-state index in [-0.39, 0.29) is 44.0 Å². The summed E-state index contributed by atoms with van der Waals surface area (Å²) in [5.41, 5.74) is 0.0426. The number of piperazine rings is 1. The standard InChI is InChI=1S/C17H23F2N3O4S/c1-12-10-22(11-13(2)26-12)27(24,25)21-7-5-20(6-8-21)17(23)14-3-4-15(18)16(19)9-14/h3-4,9,12-13H,5-8,10-11H2,1-2H3/t12-,13-/m0/s1. The van der Waals surface area contributed by atoms with E-state index >= 15 is 0 Å². The van der Waals surface area contributed by atoms with E-state index in [1.54, 1.807) is 0 Å². The Balaban J connectivity index is 1.64. The van der Waals surface area contributed by atoms with E-state index in [0.29, 0.717) is 13.1 Å². The van der Waals surface area contributed by atoms with Gasteiger partial charge in [0, 0.05) is 44.8 Å². The number of morpholine rings is 1. The van der Waals surface area contributed by atoms with E-state index < -0.39 is 27.8 Å². The molecule has 0 saturated carbocycles. The molecule has 0 radical (unpaired) electrons. The highest BCUT2D eigenvalue weighted by Crippen LogP contribution is 2.20. The van der Waals surface area contributed by atoms with Crippen molar-refractivity contribution in [1.82, 2.24) is 13.5 Å². The summed E-state index contributed by atoms with van der Waals surface area (Å²) >= 11 is 0. The van der Waals surface area contributed by atoms with E-state index in [0.717, 1.165) is 12.1 Å². The number of rotatable bonds is 3. The highest BCUT2D eigenvalue weighted by atomic mass is 32.2. The second-order valence-corrected chi connectivity index (χ2v) is 8.83. The molecule has 2 saturated heterocycles. The number of hydrogen-bond acceptors (Lipinski definition) is 4. The summed E-state index contributed by atoms with van der Waals surface area (Å²) in [5.74, 6) is -2.55. The van der Waals surface area contributed by atoms with Crippen molar-refractivity contribution in [2.45, 2.75) is 26.1 Å². The molecule has 1 amide bonds. The van der Waals surface area contributed by atoms with Crippen LogP contribution in [0, 0.1) is 11.6 Å². The molecule has 0 bridgehead atoms. The first kappa shape index (κ1) is 20.1. The maximum absolute atomic E-state index is 13.3. The molecule has 3 rings (SSSR count). The van der Waals surface area contributed by atoms with Gasteiger partial charge in [0.2, 0.25) is 0 Å². The summed E-state index contributed by atoms with van der Waals surface area (Å²) in [5, 5.41) is 0. The van der Waals surface area contributed by atoms with Gasteiger partial charge < -0.3 is 9.64 Å². The fraction of sp³-hybridized carbons (Fsp3) is 0.588. The first-order valence-corrected chi connectivity index (χ1v) is 10.2. The van der Waals surface area contributed by atoms with E-state index in [9.17, 15) is 22.0 Å². The lowest BCUT2D eigenvalue weighted by molar-refractivity contribution is -0.0457. The summed E-state index contributed by atoms with van der Waals surface area (Å²) in [6, 6.07) is 2.99. The zero-order valence-electron chi connectivity index (χ0n) is 15.3. The molecule has 2 aliphatic rings. The second-order valence-electron chi connectivity index (χ2n) is 6.90. The molecule has 150 valence electrons. The van der Waals surface area contributed by atoms with Crippen LogP contribution < -0.4 is 0 Å². The molecule has 1 aromatic carbocycles. The van der Waals surface area contributed by atoms with Gasteiger partial charge in [0.05, 0.1) is 12.2 Å². The molecule has 2 atom stereocenters. The molecule has 0 N–H and O–H groups in total. The number of carbonyl (C=O) groups is 1. The van der Waals surface area contributed by atoms with Crippen molar-refractivity contribution in [2.75, 3.05) is 39.3 Å². The molecule has 0 aromatic heterocycles. The van der Waals surface area contributed by atoms with Gasteiger partial charge in [-0.1, -0.05) is 0 Å². The number of ether oxygens (including phenoxy) is 1. The Morgan fingerprint density at radius 1 is 1.00 bits per heavy atom.